The van der Waals surface area contributed by atoms with Gasteiger partial charge in [0.05, 0.1) is 6.10 Å². The first-order valence-corrected chi connectivity index (χ1v) is 8.29. The molecule has 1 N–H and O–H groups in total. The van der Waals surface area contributed by atoms with E-state index in [4.69, 9.17) is 0 Å². The van der Waals surface area contributed by atoms with Crippen LogP contribution in [0.1, 0.15) is 44.6 Å². The molecular weight excluding hydrogens is 246 g/mol. The van der Waals surface area contributed by atoms with Gasteiger partial charge in [0.1, 0.15) is 0 Å². The van der Waals surface area contributed by atoms with Gasteiger partial charge in [0.2, 0.25) is 0 Å². The van der Waals surface area contributed by atoms with E-state index in [1.807, 2.05) is 0 Å². The third-order valence-electron chi connectivity index (χ3n) is 5.29. The Morgan fingerprint density at radius 2 is 2.10 bits per heavy atom. The zero-order chi connectivity index (χ0) is 13.9. The summed E-state index contributed by atoms with van der Waals surface area (Å²) >= 11 is 0. The van der Waals surface area contributed by atoms with Crippen LogP contribution in [0.15, 0.2) is 24.3 Å². The van der Waals surface area contributed by atoms with Crippen LogP contribution >= 0.6 is 0 Å². The molecule has 110 valence electrons. The standard InChI is InChI=1S/C18H27NO/c1-2-14-9-10-18(20)16(12-14)13-19-11-5-7-15-6-3-4-8-17(15)19/h3-4,6,8,14,16,18,20H,2,5,7,9-13H2,1H3. The third-order valence-corrected chi connectivity index (χ3v) is 5.29. The summed E-state index contributed by atoms with van der Waals surface area (Å²) in [5.41, 5.74) is 2.89. The Labute approximate surface area is 122 Å². The highest BCUT2D eigenvalue weighted by atomic mass is 16.3. The van der Waals surface area contributed by atoms with Gasteiger partial charge in [-0.3, -0.25) is 0 Å². The Hall–Kier alpha value is -1.02. The second-order valence-electron chi connectivity index (χ2n) is 6.59. The van der Waals surface area contributed by atoms with Crippen LogP contribution in [0, 0.1) is 11.8 Å². The van der Waals surface area contributed by atoms with Crippen molar-refractivity contribution in [1.82, 2.24) is 0 Å². The summed E-state index contributed by atoms with van der Waals surface area (Å²) in [6.07, 6.45) is 7.04. The molecule has 2 aliphatic rings. The summed E-state index contributed by atoms with van der Waals surface area (Å²) in [6, 6.07) is 8.79. The normalized spacial score (nSPS) is 30.1. The molecule has 0 spiro atoms. The largest absolute Gasteiger partial charge is 0.393 e. The molecule has 1 aromatic carbocycles. The Morgan fingerprint density at radius 3 is 2.95 bits per heavy atom. The number of anilines is 1. The average molecular weight is 273 g/mol. The van der Waals surface area contributed by atoms with E-state index in [0.29, 0.717) is 5.92 Å². The van der Waals surface area contributed by atoms with E-state index < -0.39 is 0 Å². The predicted molar refractivity (Wildman–Crippen MR) is 84.1 cm³/mol. The lowest BCUT2D eigenvalue weighted by molar-refractivity contribution is 0.0504. The van der Waals surface area contributed by atoms with Crippen LogP contribution in [-0.2, 0) is 6.42 Å². The number of hydrogen-bond donors (Lipinski definition) is 1. The van der Waals surface area contributed by atoms with Crippen LogP contribution in [-0.4, -0.2) is 24.3 Å². The molecule has 0 radical (unpaired) electrons. The quantitative estimate of drug-likeness (QED) is 0.909. The highest BCUT2D eigenvalue weighted by molar-refractivity contribution is 5.55. The van der Waals surface area contributed by atoms with Gasteiger partial charge in [-0.15, -0.1) is 0 Å². The average Bonchev–Trinajstić information content (AvgIpc) is 2.50. The number of aliphatic hydroxyl groups excluding tert-OH is 1. The SMILES string of the molecule is CCC1CCC(O)C(CN2CCCc3ccccc32)C1. The fourth-order valence-electron chi connectivity index (χ4n) is 4.00. The number of fused-ring (bicyclic) bond motifs is 1. The summed E-state index contributed by atoms with van der Waals surface area (Å²) in [5, 5.41) is 10.3. The number of aliphatic hydroxyl groups is 1. The first kappa shape index (κ1) is 13.9. The fourth-order valence-corrected chi connectivity index (χ4v) is 4.00. The van der Waals surface area contributed by atoms with Gasteiger partial charge in [-0.2, -0.15) is 0 Å². The molecule has 3 rings (SSSR count). The predicted octanol–water partition coefficient (Wildman–Crippen LogP) is 3.63. The minimum atomic E-state index is -0.0908. The van der Waals surface area contributed by atoms with Gasteiger partial charge in [0.25, 0.3) is 0 Å². The van der Waals surface area contributed by atoms with Crippen LogP contribution in [0.3, 0.4) is 0 Å². The van der Waals surface area contributed by atoms with Crippen LogP contribution in [0.4, 0.5) is 5.69 Å². The summed E-state index contributed by atoms with van der Waals surface area (Å²) in [5.74, 6) is 1.28. The zero-order valence-electron chi connectivity index (χ0n) is 12.6. The molecule has 20 heavy (non-hydrogen) atoms. The van der Waals surface area contributed by atoms with Crippen LogP contribution < -0.4 is 4.90 Å². The molecule has 0 bridgehead atoms. The van der Waals surface area contributed by atoms with E-state index in [1.165, 1.54) is 43.4 Å². The maximum atomic E-state index is 10.3. The van der Waals surface area contributed by atoms with Gasteiger partial charge in [0, 0.05) is 24.7 Å². The summed E-state index contributed by atoms with van der Waals surface area (Å²) < 4.78 is 0. The Kier molecular flexibility index (Phi) is 4.30. The van der Waals surface area contributed by atoms with Crippen LogP contribution in [0.25, 0.3) is 0 Å². The first-order valence-electron chi connectivity index (χ1n) is 8.29. The first-order chi connectivity index (χ1) is 9.78. The van der Waals surface area contributed by atoms with Crippen molar-refractivity contribution in [3.63, 3.8) is 0 Å². The lowest BCUT2D eigenvalue weighted by Gasteiger charge is -2.39. The molecule has 0 saturated heterocycles. The van der Waals surface area contributed by atoms with Crippen molar-refractivity contribution in [2.24, 2.45) is 11.8 Å². The Morgan fingerprint density at radius 1 is 1.25 bits per heavy atom. The molecule has 1 aliphatic heterocycles. The highest BCUT2D eigenvalue weighted by Gasteiger charge is 2.30. The Bertz CT molecular complexity index is 445. The molecule has 2 heteroatoms. The van der Waals surface area contributed by atoms with Crippen molar-refractivity contribution in [3.05, 3.63) is 29.8 Å². The summed E-state index contributed by atoms with van der Waals surface area (Å²) in [7, 11) is 0. The second kappa shape index (κ2) is 6.17. The molecule has 0 amide bonds. The van der Waals surface area contributed by atoms with Crippen molar-refractivity contribution in [2.75, 3.05) is 18.0 Å². The van der Waals surface area contributed by atoms with E-state index in [2.05, 4.69) is 36.1 Å². The van der Waals surface area contributed by atoms with Crippen molar-refractivity contribution < 1.29 is 5.11 Å². The van der Waals surface area contributed by atoms with Gasteiger partial charge < -0.3 is 10.0 Å². The number of nitrogens with zero attached hydrogens (tertiary/aromatic N) is 1. The molecule has 3 atom stereocenters. The summed E-state index contributed by atoms with van der Waals surface area (Å²) in [4.78, 5) is 2.52. The minimum absolute atomic E-state index is 0.0908. The number of aryl methyl sites for hydroxylation is 1. The smallest absolute Gasteiger partial charge is 0.0585 e. The van der Waals surface area contributed by atoms with Crippen LogP contribution in [0.2, 0.25) is 0 Å². The van der Waals surface area contributed by atoms with Crippen molar-refractivity contribution in [3.8, 4) is 0 Å². The van der Waals surface area contributed by atoms with E-state index in [9.17, 15) is 5.11 Å². The molecule has 3 unspecified atom stereocenters. The Balaban J connectivity index is 1.71. The number of rotatable bonds is 3. The molecule has 1 aromatic rings. The topological polar surface area (TPSA) is 23.5 Å². The minimum Gasteiger partial charge on any atom is -0.393 e. The monoisotopic (exact) mass is 273 g/mol. The fraction of sp³-hybridized carbons (Fsp3) is 0.667. The van der Waals surface area contributed by atoms with Crippen molar-refractivity contribution in [2.45, 2.75) is 51.6 Å². The molecule has 1 saturated carbocycles. The van der Waals surface area contributed by atoms with Crippen LogP contribution in [0.5, 0.6) is 0 Å². The third kappa shape index (κ3) is 2.85. The summed E-state index contributed by atoms with van der Waals surface area (Å²) in [6.45, 7) is 4.47. The maximum Gasteiger partial charge on any atom is 0.0585 e. The van der Waals surface area contributed by atoms with Crippen molar-refractivity contribution in [1.29, 1.82) is 0 Å². The van der Waals surface area contributed by atoms with Crippen molar-refractivity contribution >= 4 is 5.69 Å². The molecule has 1 fully saturated rings. The molecule has 0 aromatic heterocycles. The highest BCUT2D eigenvalue weighted by Crippen LogP contribution is 2.34. The van der Waals surface area contributed by atoms with E-state index in [1.54, 1.807) is 0 Å². The number of hydrogen-bond acceptors (Lipinski definition) is 2. The van der Waals surface area contributed by atoms with Gasteiger partial charge in [0.15, 0.2) is 0 Å². The molecule has 1 heterocycles. The van der Waals surface area contributed by atoms with E-state index in [-0.39, 0.29) is 6.10 Å². The van der Waals surface area contributed by atoms with E-state index >= 15 is 0 Å². The lowest BCUT2D eigenvalue weighted by Crippen LogP contribution is -2.41. The molecular formula is C18H27NO. The van der Waals surface area contributed by atoms with Gasteiger partial charge in [-0.05, 0) is 49.7 Å². The van der Waals surface area contributed by atoms with Gasteiger partial charge in [-0.25, -0.2) is 0 Å². The number of benzene rings is 1. The second-order valence-corrected chi connectivity index (χ2v) is 6.59. The van der Waals surface area contributed by atoms with E-state index in [0.717, 1.165) is 25.4 Å². The maximum absolute atomic E-state index is 10.3. The molecule has 2 nitrogen and oxygen atoms in total. The van der Waals surface area contributed by atoms with Gasteiger partial charge in [-0.1, -0.05) is 31.5 Å². The number of para-hydroxylation sites is 1. The zero-order valence-corrected chi connectivity index (χ0v) is 12.6. The lowest BCUT2D eigenvalue weighted by atomic mass is 9.78. The molecule has 1 aliphatic carbocycles. The van der Waals surface area contributed by atoms with Gasteiger partial charge >= 0.3 is 0 Å².